The van der Waals surface area contributed by atoms with E-state index in [1.54, 1.807) is 12.1 Å². The molecule has 0 spiro atoms. The van der Waals surface area contributed by atoms with E-state index in [9.17, 15) is 29.4 Å². The molecule has 0 fully saturated rings. The molecule has 5 N–H and O–H groups in total. The van der Waals surface area contributed by atoms with E-state index in [-0.39, 0.29) is 17.2 Å². The zero-order valence-corrected chi connectivity index (χ0v) is 20.2. The first-order valence-corrected chi connectivity index (χ1v) is 11.5. The molecule has 0 aromatic heterocycles. The highest BCUT2D eigenvalue weighted by molar-refractivity contribution is 6.03. The molecule has 35 heavy (non-hydrogen) atoms. The summed E-state index contributed by atoms with van der Waals surface area (Å²) in [7, 11) is 0. The van der Waals surface area contributed by atoms with Crippen LogP contribution in [0.25, 0.3) is 0 Å². The van der Waals surface area contributed by atoms with Crippen LogP contribution < -0.4 is 16.0 Å². The van der Waals surface area contributed by atoms with Crippen LogP contribution in [0, 0.1) is 5.92 Å². The van der Waals surface area contributed by atoms with Gasteiger partial charge in [-0.1, -0.05) is 56.3 Å². The van der Waals surface area contributed by atoms with Crippen LogP contribution in [0.5, 0.6) is 0 Å². The van der Waals surface area contributed by atoms with Gasteiger partial charge in [0.05, 0.1) is 17.3 Å². The van der Waals surface area contributed by atoms with Crippen molar-refractivity contribution in [3.8, 4) is 0 Å². The average Bonchev–Trinajstić information content (AvgIpc) is 2.81. The summed E-state index contributed by atoms with van der Waals surface area (Å²) in [5.41, 5.74) is 1.07. The highest BCUT2D eigenvalue weighted by Crippen LogP contribution is 2.17. The number of carboxylic acids is 2. The molecule has 3 atom stereocenters. The van der Waals surface area contributed by atoms with Crippen molar-refractivity contribution in [1.29, 1.82) is 0 Å². The van der Waals surface area contributed by atoms with E-state index in [0.29, 0.717) is 19.3 Å². The Morgan fingerprint density at radius 1 is 0.829 bits per heavy atom. The topological polar surface area (TPSA) is 145 Å². The molecule has 2 rings (SSSR count). The predicted molar refractivity (Wildman–Crippen MR) is 132 cm³/mol. The van der Waals surface area contributed by atoms with Gasteiger partial charge in [0.2, 0.25) is 11.8 Å². The quantitative estimate of drug-likeness (QED) is 0.294. The number of aromatic carboxylic acids is 1. The van der Waals surface area contributed by atoms with Crippen molar-refractivity contribution in [1.82, 2.24) is 10.6 Å². The highest BCUT2D eigenvalue weighted by atomic mass is 16.4. The molecule has 2 aromatic carbocycles. The van der Waals surface area contributed by atoms with Gasteiger partial charge in [0, 0.05) is 0 Å². The van der Waals surface area contributed by atoms with Gasteiger partial charge in [0.1, 0.15) is 12.1 Å². The summed E-state index contributed by atoms with van der Waals surface area (Å²) in [6, 6.07) is 12.8. The number of carbonyl (C=O) groups is 4. The molecule has 2 aromatic rings. The number of anilines is 1. The molecule has 0 aliphatic rings. The number of hydrogen-bond acceptors (Lipinski definition) is 5. The maximum Gasteiger partial charge on any atom is 0.337 e. The second-order valence-electron chi connectivity index (χ2n) is 8.83. The first kappa shape index (κ1) is 27.5. The summed E-state index contributed by atoms with van der Waals surface area (Å²) in [5, 5.41) is 26.9. The smallest absolute Gasteiger partial charge is 0.337 e. The minimum atomic E-state index is -1.18. The van der Waals surface area contributed by atoms with Crippen molar-refractivity contribution in [2.75, 3.05) is 5.32 Å². The van der Waals surface area contributed by atoms with Gasteiger partial charge in [-0.15, -0.1) is 0 Å². The maximum absolute atomic E-state index is 13.2. The lowest BCUT2D eigenvalue weighted by molar-refractivity contribution is -0.139. The third kappa shape index (κ3) is 8.86. The molecule has 0 saturated heterocycles. The lowest BCUT2D eigenvalue weighted by Gasteiger charge is -2.25. The van der Waals surface area contributed by atoms with Gasteiger partial charge >= 0.3 is 11.9 Å². The molecule has 2 amide bonds. The zero-order valence-electron chi connectivity index (χ0n) is 20.2. The standard InChI is InChI=1S/C26H33N3O6/c1-16(2)15-22(24(31)28-20-12-8-7-11-19(20)26(34)35)29-23(30)21(27-17(3)25(32)33)14-13-18-9-5-4-6-10-18/h4-12,16-17,21-22,27H,13-15H2,1-3H3,(H,28,31)(H,29,30)(H,32,33)(H,34,35)/t17-,21+,22+/m1/s1. The zero-order chi connectivity index (χ0) is 26.0. The molecule has 0 heterocycles. The van der Waals surface area contributed by atoms with Crippen LogP contribution in [-0.4, -0.2) is 52.1 Å². The van der Waals surface area contributed by atoms with Crippen LogP contribution in [0.4, 0.5) is 5.69 Å². The van der Waals surface area contributed by atoms with Gasteiger partial charge < -0.3 is 20.8 Å². The number of hydrogen-bond donors (Lipinski definition) is 5. The number of carbonyl (C=O) groups excluding carboxylic acids is 2. The Kier molecular flexibility index (Phi) is 10.4. The largest absolute Gasteiger partial charge is 0.480 e. The summed E-state index contributed by atoms with van der Waals surface area (Å²) >= 11 is 0. The SMILES string of the molecule is CC(C)C[C@H](NC(=O)[C@H](CCc1ccccc1)N[C@H](C)C(=O)O)C(=O)Nc1ccccc1C(=O)O. The number of aryl methyl sites for hydroxylation is 1. The number of benzene rings is 2. The lowest BCUT2D eigenvalue weighted by Crippen LogP contribution is -2.54. The maximum atomic E-state index is 13.2. The van der Waals surface area contributed by atoms with E-state index in [2.05, 4.69) is 16.0 Å². The molecule has 9 heteroatoms. The number of para-hydroxylation sites is 1. The number of amides is 2. The molecular formula is C26H33N3O6. The molecule has 0 radical (unpaired) electrons. The van der Waals surface area contributed by atoms with E-state index in [1.807, 2.05) is 44.2 Å². The third-order valence-corrected chi connectivity index (χ3v) is 5.46. The van der Waals surface area contributed by atoms with Gasteiger partial charge in [-0.05, 0) is 49.8 Å². The van der Waals surface area contributed by atoms with Gasteiger partial charge in [0.15, 0.2) is 0 Å². The third-order valence-electron chi connectivity index (χ3n) is 5.46. The Labute approximate surface area is 204 Å². The summed E-state index contributed by atoms with van der Waals surface area (Å²) in [6.07, 6.45) is 1.17. The van der Waals surface area contributed by atoms with E-state index in [1.165, 1.54) is 19.1 Å². The Morgan fingerprint density at radius 2 is 1.46 bits per heavy atom. The van der Waals surface area contributed by atoms with Crippen molar-refractivity contribution in [3.05, 3.63) is 65.7 Å². The Balaban J connectivity index is 2.19. The number of carboxylic acid groups (broad SMARTS) is 2. The Morgan fingerprint density at radius 3 is 2.06 bits per heavy atom. The molecule has 0 aliphatic carbocycles. The second-order valence-corrected chi connectivity index (χ2v) is 8.83. The van der Waals surface area contributed by atoms with Crippen molar-refractivity contribution in [3.63, 3.8) is 0 Å². The van der Waals surface area contributed by atoms with Crippen LogP contribution in [0.1, 0.15) is 49.5 Å². The summed E-state index contributed by atoms with van der Waals surface area (Å²) in [6.45, 7) is 5.25. The van der Waals surface area contributed by atoms with E-state index in [4.69, 9.17) is 0 Å². The van der Waals surface area contributed by atoms with Gasteiger partial charge in [-0.25, -0.2) is 4.79 Å². The van der Waals surface area contributed by atoms with Crippen LogP contribution in [0.3, 0.4) is 0 Å². The van der Waals surface area contributed by atoms with Crippen LogP contribution in [0.2, 0.25) is 0 Å². The van der Waals surface area contributed by atoms with Crippen molar-refractivity contribution < 1.29 is 29.4 Å². The fourth-order valence-electron chi connectivity index (χ4n) is 3.59. The molecule has 0 aliphatic heterocycles. The Hall–Kier alpha value is -3.72. The first-order chi connectivity index (χ1) is 16.6. The van der Waals surface area contributed by atoms with Crippen molar-refractivity contribution >= 4 is 29.4 Å². The van der Waals surface area contributed by atoms with E-state index < -0.39 is 41.9 Å². The highest BCUT2D eigenvalue weighted by Gasteiger charge is 2.29. The molecular weight excluding hydrogens is 450 g/mol. The minimum absolute atomic E-state index is 0.0504. The van der Waals surface area contributed by atoms with Gasteiger partial charge in [-0.2, -0.15) is 0 Å². The fourth-order valence-corrected chi connectivity index (χ4v) is 3.59. The monoisotopic (exact) mass is 483 g/mol. The fraction of sp³-hybridized carbons (Fsp3) is 0.385. The number of aliphatic carboxylic acids is 1. The molecule has 9 nitrogen and oxygen atoms in total. The van der Waals surface area contributed by atoms with E-state index in [0.717, 1.165) is 5.56 Å². The number of rotatable bonds is 13. The molecule has 0 unspecified atom stereocenters. The van der Waals surface area contributed by atoms with Crippen LogP contribution in [0.15, 0.2) is 54.6 Å². The Bertz CT molecular complexity index is 1020. The normalized spacial score (nSPS) is 13.5. The summed E-state index contributed by atoms with van der Waals surface area (Å²) in [5.74, 6) is -3.27. The number of nitrogens with one attached hydrogen (secondary N) is 3. The lowest BCUT2D eigenvalue weighted by atomic mass is 10.0. The second kappa shape index (κ2) is 13.2. The van der Waals surface area contributed by atoms with E-state index >= 15 is 0 Å². The predicted octanol–water partition coefficient (Wildman–Crippen LogP) is 2.92. The first-order valence-electron chi connectivity index (χ1n) is 11.5. The van der Waals surface area contributed by atoms with Gasteiger partial charge in [0.25, 0.3) is 0 Å². The molecule has 0 saturated carbocycles. The average molecular weight is 484 g/mol. The van der Waals surface area contributed by atoms with Gasteiger partial charge in [-0.3, -0.25) is 19.7 Å². The summed E-state index contributed by atoms with van der Waals surface area (Å²) < 4.78 is 0. The minimum Gasteiger partial charge on any atom is -0.480 e. The molecule has 188 valence electrons. The van der Waals surface area contributed by atoms with Crippen LogP contribution in [-0.2, 0) is 20.8 Å². The van der Waals surface area contributed by atoms with Crippen molar-refractivity contribution in [2.45, 2.75) is 58.2 Å². The molecule has 0 bridgehead atoms. The van der Waals surface area contributed by atoms with Crippen molar-refractivity contribution in [2.24, 2.45) is 5.92 Å². The van der Waals surface area contributed by atoms with Crippen LogP contribution >= 0.6 is 0 Å². The summed E-state index contributed by atoms with van der Waals surface area (Å²) in [4.78, 5) is 49.1.